The second kappa shape index (κ2) is 8.60. The van der Waals surface area contributed by atoms with Gasteiger partial charge in [-0.3, -0.25) is 4.90 Å². The van der Waals surface area contributed by atoms with Crippen molar-refractivity contribution in [1.29, 1.82) is 0 Å². The average Bonchev–Trinajstić information content (AvgIpc) is 2.54. The van der Waals surface area contributed by atoms with E-state index in [1.54, 1.807) is 0 Å². The maximum atomic E-state index is 10.5. The number of nitrogens with zero attached hydrogens (tertiary/aromatic N) is 1. The van der Waals surface area contributed by atoms with E-state index in [0.29, 0.717) is 0 Å². The van der Waals surface area contributed by atoms with Gasteiger partial charge >= 0.3 is 0 Å². The van der Waals surface area contributed by atoms with Crippen LogP contribution >= 0.6 is 0 Å². The van der Waals surface area contributed by atoms with Crippen LogP contribution in [0.25, 0.3) is 0 Å². The monoisotopic (exact) mass is 283 g/mol. The first-order valence-corrected chi connectivity index (χ1v) is 7.79. The Kier molecular flexibility index (Phi) is 6.45. The molecule has 1 N–H and O–H groups in total. The second-order valence-electron chi connectivity index (χ2n) is 5.50. The minimum Gasteiger partial charge on any atom is -0.378 e. The lowest BCUT2D eigenvalue weighted by Gasteiger charge is -2.28. The molecule has 21 heavy (non-hydrogen) atoms. The highest BCUT2D eigenvalue weighted by Gasteiger charge is 2.15. The molecule has 0 aromatic heterocycles. The molecule has 2 aromatic carbocycles. The number of aliphatic hydroxyl groups excluding tert-OH is 1. The number of hydrogen-bond donors (Lipinski definition) is 1. The molecule has 2 rings (SSSR count). The van der Waals surface area contributed by atoms with E-state index < -0.39 is 0 Å². The van der Waals surface area contributed by atoms with Crippen LogP contribution < -0.4 is 0 Å². The molecular formula is C19H25NO. The zero-order valence-corrected chi connectivity index (χ0v) is 12.8. The molecule has 0 spiro atoms. The van der Waals surface area contributed by atoms with Crippen LogP contribution in [-0.4, -0.2) is 16.2 Å². The van der Waals surface area contributed by atoms with E-state index in [1.165, 1.54) is 11.1 Å². The molecular weight excluding hydrogens is 258 g/mol. The third-order valence-corrected chi connectivity index (χ3v) is 3.69. The van der Waals surface area contributed by atoms with Crippen molar-refractivity contribution in [2.24, 2.45) is 0 Å². The minimum absolute atomic E-state index is 0.384. The fourth-order valence-corrected chi connectivity index (χ4v) is 2.47. The lowest BCUT2D eigenvalue weighted by Crippen LogP contribution is -2.34. The van der Waals surface area contributed by atoms with Crippen molar-refractivity contribution in [2.45, 2.75) is 45.5 Å². The normalized spacial score (nSPS) is 12.5. The van der Waals surface area contributed by atoms with Crippen LogP contribution in [0.2, 0.25) is 0 Å². The highest BCUT2D eigenvalue weighted by Crippen LogP contribution is 2.15. The largest absolute Gasteiger partial charge is 0.378 e. The van der Waals surface area contributed by atoms with Gasteiger partial charge in [0, 0.05) is 13.1 Å². The number of rotatable bonds is 8. The van der Waals surface area contributed by atoms with Gasteiger partial charge in [-0.25, -0.2) is 0 Å². The van der Waals surface area contributed by atoms with E-state index in [-0.39, 0.29) is 6.23 Å². The van der Waals surface area contributed by atoms with Gasteiger partial charge in [0.2, 0.25) is 0 Å². The molecule has 0 aliphatic carbocycles. The van der Waals surface area contributed by atoms with E-state index in [0.717, 1.165) is 32.4 Å². The Hall–Kier alpha value is -1.64. The summed E-state index contributed by atoms with van der Waals surface area (Å²) in [6, 6.07) is 20.7. The highest BCUT2D eigenvalue weighted by molar-refractivity contribution is 5.17. The van der Waals surface area contributed by atoms with Crippen molar-refractivity contribution in [2.75, 3.05) is 0 Å². The minimum atomic E-state index is -0.384. The molecule has 0 radical (unpaired) electrons. The van der Waals surface area contributed by atoms with Gasteiger partial charge in [0.15, 0.2) is 0 Å². The maximum Gasteiger partial charge on any atom is 0.107 e. The van der Waals surface area contributed by atoms with Crippen molar-refractivity contribution >= 4 is 0 Å². The predicted octanol–water partition coefficient (Wildman–Crippen LogP) is 4.20. The van der Waals surface area contributed by atoms with Crippen molar-refractivity contribution in [3.63, 3.8) is 0 Å². The fraction of sp³-hybridized carbons (Fsp3) is 0.368. The molecule has 0 aliphatic heterocycles. The zero-order valence-electron chi connectivity index (χ0n) is 12.8. The summed E-state index contributed by atoms with van der Waals surface area (Å²) >= 11 is 0. The number of benzene rings is 2. The topological polar surface area (TPSA) is 23.5 Å². The summed E-state index contributed by atoms with van der Waals surface area (Å²) in [5.41, 5.74) is 2.48. The zero-order chi connectivity index (χ0) is 14.9. The van der Waals surface area contributed by atoms with Crippen LogP contribution in [0.5, 0.6) is 0 Å². The van der Waals surface area contributed by atoms with Crippen molar-refractivity contribution < 1.29 is 5.11 Å². The lowest BCUT2D eigenvalue weighted by molar-refractivity contribution is -0.0155. The summed E-state index contributed by atoms with van der Waals surface area (Å²) < 4.78 is 0. The van der Waals surface area contributed by atoms with Gasteiger partial charge in [0.25, 0.3) is 0 Å². The van der Waals surface area contributed by atoms with E-state index >= 15 is 0 Å². The van der Waals surface area contributed by atoms with Gasteiger partial charge < -0.3 is 5.11 Å². The Balaban J connectivity index is 2.06. The molecule has 112 valence electrons. The quantitative estimate of drug-likeness (QED) is 0.734. The Bertz CT molecular complexity index is 456. The second-order valence-corrected chi connectivity index (χ2v) is 5.50. The molecule has 0 aliphatic rings. The Morgan fingerprint density at radius 1 is 0.857 bits per heavy atom. The third kappa shape index (κ3) is 5.33. The SMILES string of the molecule is CCCCC(O)N(Cc1ccccc1)Cc1ccccc1. The summed E-state index contributed by atoms with van der Waals surface area (Å²) in [5.74, 6) is 0. The summed E-state index contributed by atoms with van der Waals surface area (Å²) in [7, 11) is 0. The molecule has 2 aromatic rings. The van der Waals surface area contributed by atoms with E-state index in [2.05, 4.69) is 60.4 Å². The smallest absolute Gasteiger partial charge is 0.107 e. The molecule has 0 fully saturated rings. The predicted molar refractivity (Wildman–Crippen MR) is 87.7 cm³/mol. The Morgan fingerprint density at radius 2 is 1.33 bits per heavy atom. The van der Waals surface area contributed by atoms with Crippen LogP contribution in [-0.2, 0) is 13.1 Å². The van der Waals surface area contributed by atoms with Crippen molar-refractivity contribution in [1.82, 2.24) is 4.90 Å². The summed E-state index contributed by atoms with van der Waals surface area (Å²) in [6.07, 6.45) is 2.62. The number of unbranched alkanes of at least 4 members (excludes halogenated alkanes) is 1. The average molecular weight is 283 g/mol. The Labute approximate surface area is 128 Å². The molecule has 0 saturated carbocycles. The van der Waals surface area contributed by atoms with Gasteiger partial charge in [-0.1, -0.05) is 74.0 Å². The summed E-state index contributed by atoms with van der Waals surface area (Å²) in [5, 5.41) is 10.5. The van der Waals surface area contributed by atoms with E-state index in [9.17, 15) is 5.11 Å². The Morgan fingerprint density at radius 3 is 1.76 bits per heavy atom. The van der Waals surface area contributed by atoms with Crippen LogP contribution in [0.3, 0.4) is 0 Å². The van der Waals surface area contributed by atoms with Gasteiger partial charge in [0.1, 0.15) is 6.23 Å². The summed E-state index contributed by atoms with van der Waals surface area (Å²) in [4.78, 5) is 2.15. The van der Waals surface area contributed by atoms with Gasteiger partial charge in [-0.15, -0.1) is 0 Å². The first-order chi connectivity index (χ1) is 10.3. The molecule has 0 saturated heterocycles. The molecule has 2 nitrogen and oxygen atoms in total. The van der Waals surface area contributed by atoms with Crippen LogP contribution in [0.4, 0.5) is 0 Å². The van der Waals surface area contributed by atoms with Gasteiger partial charge in [-0.2, -0.15) is 0 Å². The molecule has 0 heterocycles. The van der Waals surface area contributed by atoms with E-state index in [4.69, 9.17) is 0 Å². The molecule has 1 unspecified atom stereocenters. The van der Waals surface area contributed by atoms with Crippen LogP contribution in [0.15, 0.2) is 60.7 Å². The number of hydrogen-bond acceptors (Lipinski definition) is 2. The first-order valence-electron chi connectivity index (χ1n) is 7.79. The third-order valence-electron chi connectivity index (χ3n) is 3.69. The first kappa shape index (κ1) is 15.7. The fourth-order valence-electron chi connectivity index (χ4n) is 2.47. The maximum absolute atomic E-state index is 10.5. The van der Waals surface area contributed by atoms with Crippen molar-refractivity contribution in [3.05, 3.63) is 71.8 Å². The van der Waals surface area contributed by atoms with Gasteiger partial charge in [0.05, 0.1) is 0 Å². The molecule has 0 bridgehead atoms. The standard InChI is InChI=1S/C19H25NO/c1-2-3-14-19(21)20(15-17-10-6-4-7-11-17)16-18-12-8-5-9-13-18/h4-13,19,21H,2-3,14-16H2,1H3. The van der Waals surface area contributed by atoms with Crippen LogP contribution in [0, 0.1) is 0 Å². The van der Waals surface area contributed by atoms with E-state index in [1.807, 2.05) is 12.1 Å². The van der Waals surface area contributed by atoms with Crippen LogP contribution in [0.1, 0.15) is 37.3 Å². The lowest BCUT2D eigenvalue weighted by atomic mass is 10.1. The molecule has 2 heteroatoms. The summed E-state index contributed by atoms with van der Waals surface area (Å²) in [6.45, 7) is 3.71. The number of aliphatic hydroxyl groups is 1. The van der Waals surface area contributed by atoms with Crippen molar-refractivity contribution in [3.8, 4) is 0 Å². The van der Waals surface area contributed by atoms with Gasteiger partial charge in [-0.05, 0) is 24.0 Å². The molecule has 1 atom stereocenters. The highest BCUT2D eigenvalue weighted by atomic mass is 16.3. The molecule has 0 amide bonds.